The van der Waals surface area contributed by atoms with Crippen LogP contribution in [0.25, 0.3) is 5.52 Å². The maximum atomic E-state index is 13.5. The van der Waals surface area contributed by atoms with Gasteiger partial charge >= 0.3 is 0 Å². The number of fused-ring (bicyclic) bond motifs is 1. The molecule has 2 aromatic heterocycles. The molecule has 0 aliphatic carbocycles. The number of carbonyl (C=O) groups excluding carboxylic acids is 1. The first-order valence-corrected chi connectivity index (χ1v) is 8.08. The topological polar surface area (TPSA) is 46.4 Å². The molecule has 1 atom stereocenters. The molecule has 6 heteroatoms. The van der Waals surface area contributed by atoms with Gasteiger partial charge in [0.1, 0.15) is 5.82 Å². The van der Waals surface area contributed by atoms with Gasteiger partial charge in [0, 0.05) is 11.9 Å². The van der Waals surface area contributed by atoms with Crippen LogP contribution in [0.2, 0.25) is 0 Å². The average molecular weight is 329 g/mol. The van der Waals surface area contributed by atoms with Crippen molar-refractivity contribution < 1.29 is 9.18 Å². The number of pyridine rings is 1. The number of thioether (sulfide) groups is 1. The summed E-state index contributed by atoms with van der Waals surface area (Å²) in [5, 5.41) is 3.13. The number of hydrogen-bond donors (Lipinski definition) is 1. The van der Waals surface area contributed by atoms with Gasteiger partial charge in [0.25, 0.3) is 0 Å². The minimum absolute atomic E-state index is 0.189. The maximum Gasteiger partial charge on any atom is 0.237 e. The molecular formula is C17H16FN3OS. The molecule has 0 aliphatic heterocycles. The number of rotatable bonds is 4. The molecule has 4 nitrogen and oxygen atoms in total. The maximum absolute atomic E-state index is 13.5. The van der Waals surface area contributed by atoms with Gasteiger partial charge in [-0.05, 0) is 43.7 Å². The molecular weight excluding hydrogens is 313 g/mol. The molecule has 0 bridgehead atoms. The second-order valence-corrected chi connectivity index (χ2v) is 6.56. The summed E-state index contributed by atoms with van der Waals surface area (Å²) < 4.78 is 15.5. The van der Waals surface area contributed by atoms with E-state index in [-0.39, 0.29) is 17.0 Å². The first-order chi connectivity index (χ1) is 11.0. The third-order valence-electron chi connectivity index (χ3n) is 3.50. The number of carbonyl (C=O) groups is 1. The van der Waals surface area contributed by atoms with Crippen LogP contribution in [0, 0.1) is 12.7 Å². The van der Waals surface area contributed by atoms with Gasteiger partial charge in [-0.25, -0.2) is 9.37 Å². The van der Waals surface area contributed by atoms with Crippen LogP contribution in [-0.4, -0.2) is 20.5 Å². The normalized spacial score (nSPS) is 12.3. The van der Waals surface area contributed by atoms with E-state index in [1.54, 1.807) is 32.2 Å². The smallest absolute Gasteiger partial charge is 0.237 e. The number of nitrogens with one attached hydrogen (secondary N) is 1. The lowest BCUT2D eigenvalue weighted by atomic mass is 10.2. The molecule has 0 saturated carbocycles. The van der Waals surface area contributed by atoms with Gasteiger partial charge in [-0.15, -0.1) is 0 Å². The number of aromatic nitrogens is 2. The summed E-state index contributed by atoms with van der Waals surface area (Å²) in [7, 11) is 0. The lowest BCUT2D eigenvalue weighted by molar-refractivity contribution is -0.115. The van der Waals surface area contributed by atoms with E-state index in [2.05, 4.69) is 10.3 Å². The van der Waals surface area contributed by atoms with Crippen molar-refractivity contribution in [1.29, 1.82) is 0 Å². The highest BCUT2D eigenvalue weighted by atomic mass is 32.2. The Balaban J connectivity index is 1.71. The van der Waals surface area contributed by atoms with Crippen LogP contribution in [0.5, 0.6) is 0 Å². The van der Waals surface area contributed by atoms with Crippen molar-refractivity contribution in [3.63, 3.8) is 0 Å². The minimum Gasteiger partial charge on any atom is -0.325 e. The molecule has 1 N–H and O–H groups in total. The van der Waals surface area contributed by atoms with Crippen LogP contribution in [0.15, 0.2) is 53.9 Å². The number of aryl methyl sites for hydroxylation is 1. The lowest BCUT2D eigenvalue weighted by Gasteiger charge is -2.12. The summed E-state index contributed by atoms with van der Waals surface area (Å²) in [6.45, 7) is 3.48. The quantitative estimate of drug-likeness (QED) is 0.739. The first-order valence-electron chi connectivity index (χ1n) is 7.20. The summed E-state index contributed by atoms with van der Waals surface area (Å²) >= 11 is 1.36. The van der Waals surface area contributed by atoms with E-state index < -0.39 is 0 Å². The Hall–Kier alpha value is -2.34. The molecule has 3 rings (SSSR count). The van der Waals surface area contributed by atoms with Crippen molar-refractivity contribution in [3.8, 4) is 0 Å². The average Bonchev–Trinajstić information content (AvgIpc) is 2.94. The number of nitrogens with zero attached hydrogens (tertiary/aromatic N) is 2. The van der Waals surface area contributed by atoms with Crippen molar-refractivity contribution in [2.75, 3.05) is 5.32 Å². The third-order valence-corrected chi connectivity index (χ3v) is 4.58. The fourth-order valence-corrected chi connectivity index (χ4v) is 3.01. The van der Waals surface area contributed by atoms with E-state index in [4.69, 9.17) is 0 Å². The highest BCUT2D eigenvalue weighted by Gasteiger charge is 2.17. The Morgan fingerprint density at radius 1 is 1.35 bits per heavy atom. The Morgan fingerprint density at radius 2 is 2.17 bits per heavy atom. The Labute approximate surface area is 137 Å². The number of imidazole rings is 1. The zero-order valence-corrected chi connectivity index (χ0v) is 13.6. The lowest BCUT2D eigenvalue weighted by Crippen LogP contribution is -2.22. The first kappa shape index (κ1) is 15.6. The van der Waals surface area contributed by atoms with Gasteiger partial charge < -0.3 is 5.32 Å². The van der Waals surface area contributed by atoms with Crippen molar-refractivity contribution in [3.05, 3.63) is 60.2 Å². The molecule has 0 fully saturated rings. The van der Waals surface area contributed by atoms with E-state index in [1.807, 2.05) is 28.8 Å². The molecule has 1 unspecified atom stereocenters. The second kappa shape index (κ2) is 6.42. The van der Waals surface area contributed by atoms with Crippen LogP contribution in [-0.2, 0) is 4.79 Å². The zero-order chi connectivity index (χ0) is 16.4. The van der Waals surface area contributed by atoms with Crippen LogP contribution in [0.4, 0.5) is 10.1 Å². The van der Waals surface area contributed by atoms with Gasteiger partial charge in [-0.3, -0.25) is 9.20 Å². The SMILES string of the molecule is Cc1ccc(NC(=O)C(C)Sc2ncc3ccccn23)cc1F. The van der Waals surface area contributed by atoms with Gasteiger partial charge in [-0.1, -0.05) is 23.9 Å². The summed E-state index contributed by atoms with van der Waals surface area (Å²) in [6, 6.07) is 10.5. The molecule has 1 aromatic carbocycles. The van der Waals surface area contributed by atoms with E-state index >= 15 is 0 Å². The van der Waals surface area contributed by atoms with Gasteiger partial charge in [0.15, 0.2) is 5.16 Å². The van der Waals surface area contributed by atoms with E-state index in [0.717, 1.165) is 10.7 Å². The fourth-order valence-electron chi connectivity index (χ4n) is 2.13. The second-order valence-electron chi connectivity index (χ2n) is 5.25. The van der Waals surface area contributed by atoms with E-state index in [0.29, 0.717) is 11.3 Å². The molecule has 0 spiro atoms. The number of benzene rings is 1. The van der Waals surface area contributed by atoms with Crippen LogP contribution in [0.3, 0.4) is 0 Å². The summed E-state index contributed by atoms with van der Waals surface area (Å²) in [4.78, 5) is 16.6. The highest BCUT2D eigenvalue weighted by molar-refractivity contribution is 8.00. The monoisotopic (exact) mass is 329 g/mol. The molecule has 0 radical (unpaired) electrons. The minimum atomic E-state index is -0.356. The number of amides is 1. The van der Waals surface area contributed by atoms with Crippen LogP contribution >= 0.6 is 11.8 Å². The number of anilines is 1. The van der Waals surface area contributed by atoms with Gasteiger partial charge in [-0.2, -0.15) is 0 Å². The molecule has 3 aromatic rings. The van der Waals surface area contributed by atoms with Gasteiger partial charge in [0.05, 0.1) is 17.0 Å². The predicted molar refractivity (Wildman–Crippen MR) is 90.3 cm³/mol. The fraction of sp³-hybridized carbons (Fsp3) is 0.176. The summed E-state index contributed by atoms with van der Waals surface area (Å²) in [5.41, 5.74) is 1.98. The highest BCUT2D eigenvalue weighted by Crippen LogP contribution is 2.24. The molecule has 118 valence electrons. The molecule has 0 saturated heterocycles. The Bertz CT molecular complexity index is 862. The Morgan fingerprint density at radius 3 is 2.96 bits per heavy atom. The van der Waals surface area contributed by atoms with Crippen molar-refractivity contribution in [2.45, 2.75) is 24.3 Å². The summed E-state index contributed by atoms with van der Waals surface area (Å²) in [6.07, 6.45) is 3.67. The number of hydrogen-bond acceptors (Lipinski definition) is 3. The van der Waals surface area contributed by atoms with Crippen LogP contribution < -0.4 is 5.32 Å². The van der Waals surface area contributed by atoms with Crippen molar-refractivity contribution in [2.24, 2.45) is 0 Å². The van der Waals surface area contributed by atoms with Crippen molar-refractivity contribution in [1.82, 2.24) is 9.38 Å². The molecule has 1 amide bonds. The molecule has 0 aliphatic rings. The van der Waals surface area contributed by atoms with Crippen molar-refractivity contribution >= 4 is 28.9 Å². The van der Waals surface area contributed by atoms with Crippen LogP contribution in [0.1, 0.15) is 12.5 Å². The standard InChI is InChI=1S/C17H16FN3OS/c1-11-6-7-13(9-15(11)18)20-16(22)12(2)23-17-19-10-14-5-3-4-8-21(14)17/h3-10,12H,1-2H3,(H,20,22). The largest absolute Gasteiger partial charge is 0.325 e. The zero-order valence-electron chi connectivity index (χ0n) is 12.8. The van der Waals surface area contributed by atoms with E-state index in [1.165, 1.54) is 17.8 Å². The number of halogens is 1. The Kier molecular flexibility index (Phi) is 4.34. The van der Waals surface area contributed by atoms with Gasteiger partial charge in [0.2, 0.25) is 5.91 Å². The third kappa shape index (κ3) is 3.37. The van der Waals surface area contributed by atoms with E-state index in [9.17, 15) is 9.18 Å². The summed E-state index contributed by atoms with van der Waals surface area (Å²) in [5.74, 6) is -0.520. The molecule has 23 heavy (non-hydrogen) atoms. The molecule has 2 heterocycles. The predicted octanol–water partition coefficient (Wildman–Crippen LogP) is 3.90.